The van der Waals surface area contributed by atoms with Crippen LogP contribution in [0.5, 0.6) is 0 Å². The van der Waals surface area contributed by atoms with Gasteiger partial charge in [-0.25, -0.2) is 8.42 Å². The Labute approximate surface area is 143 Å². The fourth-order valence-corrected chi connectivity index (χ4v) is 3.80. The maximum Gasteiger partial charge on any atom is 0.251 e. The molecule has 1 aliphatic rings. The molecule has 1 aromatic carbocycles. The molecule has 0 aliphatic carbocycles. The molecule has 1 fully saturated rings. The van der Waals surface area contributed by atoms with Crippen LogP contribution in [0.1, 0.15) is 23.2 Å². The second kappa shape index (κ2) is 9.12. The van der Waals surface area contributed by atoms with Crippen LogP contribution in [0.4, 0.5) is 0 Å². The Morgan fingerprint density at radius 2 is 1.88 bits per heavy atom. The highest BCUT2D eigenvalue weighted by molar-refractivity contribution is 7.89. The van der Waals surface area contributed by atoms with Crippen molar-refractivity contribution in [3.8, 4) is 0 Å². The number of methoxy groups -OCH3 is 1. The number of amides is 1. The number of rotatable bonds is 8. The molecule has 0 atom stereocenters. The molecule has 1 heterocycles. The van der Waals surface area contributed by atoms with E-state index in [1.54, 1.807) is 7.11 Å². The zero-order chi connectivity index (χ0) is 17.4. The quantitative estimate of drug-likeness (QED) is 0.699. The van der Waals surface area contributed by atoms with Crippen LogP contribution in [0.15, 0.2) is 29.2 Å². The fraction of sp³-hybridized carbons (Fsp3) is 0.562. The van der Waals surface area contributed by atoms with Gasteiger partial charge < -0.3 is 14.8 Å². The number of unbranched alkanes of at least 4 members (excludes halogenated alkanes) is 1. The lowest BCUT2D eigenvalue weighted by atomic mass is 10.2. The van der Waals surface area contributed by atoms with Crippen molar-refractivity contribution in [2.24, 2.45) is 0 Å². The molecule has 7 nitrogen and oxygen atoms in total. The zero-order valence-corrected chi connectivity index (χ0v) is 14.7. The van der Waals surface area contributed by atoms with Gasteiger partial charge in [-0.1, -0.05) is 0 Å². The number of nitrogens with zero attached hydrogens (tertiary/aromatic N) is 1. The number of benzene rings is 1. The third-order valence-corrected chi connectivity index (χ3v) is 5.70. The molecule has 0 saturated carbocycles. The monoisotopic (exact) mass is 356 g/mol. The van der Waals surface area contributed by atoms with Gasteiger partial charge in [0.15, 0.2) is 0 Å². The predicted molar refractivity (Wildman–Crippen MR) is 89.5 cm³/mol. The average Bonchev–Trinajstić information content (AvgIpc) is 2.62. The van der Waals surface area contributed by atoms with E-state index >= 15 is 0 Å². The Morgan fingerprint density at radius 3 is 2.50 bits per heavy atom. The van der Waals surface area contributed by atoms with Gasteiger partial charge >= 0.3 is 0 Å². The fourth-order valence-electron chi connectivity index (χ4n) is 2.39. The normalized spacial score (nSPS) is 16.0. The van der Waals surface area contributed by atoms with Crippen LogP contribution >= 0.6 is 0 Å². The van der Waals surface area contributed by atoms with Gasteiger partial charge in [0.05, 0.1) is 18.1 Å². The molecule has 0 spiro atoms. The molecule has 2 rings (SSSR count). The Hall–Kier alpha value is -1.48. The number of nitrogens with one attached hydrogen (secondary N) is 1. The molecular formula is C16H24N2O5S. The van der Waals surface area contributed by atoms with E-state index in [9.17, 15) is 13.2 Å². The number of ether oxygens (including phenoxy) is 2. The molecule has 0 radical (unpaired) electrons. The highest BCUT2D eigenvalue weighted by Gasteiger charge is 2.26. The first kappa shape index (κ1) is 18.9. The first-order chi connectivity index (χ1) is 11.6. The Bertz CT molecular complexity index is 624. The summed E-state index contributed by atoms with van der Waals surface area (Å²) in [4.78, 5) is 12.2. The number of hydrogen-bond acceptors (Lipinski definition) is 5. The van der Waals surface area contributed by atoms with Gasteiger partial charge in [0.25, 0.3) is 5.91 Å². The molecule has 134 valence electrons. The summed E-state index contributed by atoms with van der Waals surface area (Å²) in [5.41, 5.74) is 0.447. The van der Waals surface area contributed by atoms with E-state index in [-0.39, 0.29) is 10.8 Å². The van der Waals surface area contributed by atoms with E-state index in [0.717, 1.165) is 12.8 Å². The van der Waals surface area contributed by atoms with Crippen LogP contribution in [0.25, 0.3) is 0 Å². The third kappa shape index (κ3) is 5.01. The van der Waals surface area contributed by atoms with E-state index in [1.807, 2.05) is 0 Å². The van der Waals surface area contributed by atoms with Crippen LogP contribution in [0.3, 0.4) is 0 Å². The van der Waals surface area contributed by atoms with E-state index in [4.69, 9.17) is 9.47 Å². The first-order valence-electron chi connectivity index (χ1n) is 8.01. The molecule has 1 N–H and O–H groups in total. The predicted octanol–water partition coefficient (Wildman–Crippen LogP) is 0.864. The van der Waals surface area contributed by atoms with E-state index in [2.05, 4.69) is 5.32 Å². The van der Waals surface area contributed by atoms with Crippen LogP contribution in [0.2, 0.25) is 0 Å². The van der Waals surface area contributed by atoms with Crippen LogP contribution < -0.4 is 5.32 Å². The van der Waals surface area contributed by atoms with Gasteiger partial charge in [-0.05, 0) is 37.1 Å². The molecule has 0 aromatic heterocycles. The summed E-state index contributed by atoms with van der Waals surface area (Å²) in [7, 11) is -1.88. The first-order valence-corrected chi connectivity index (χ1v) is 9.45. The van der Waals surface area contributed by atoms with Gasteiger partial charge in [-0.2, -0.15) is 4.31 Å². The molecule has 1 aliphatic heterocycles. The lowest BCUT2D eigenvalue weighted by Gasteiger charge is -2.26. The summed E-state index contributed by atoms with van der Waals surface area (Å²) in [6, 6.07) is 6.03. The summed E-state index contributed by atoms with van der Waals surface area (Å²) >= 11 is 0. The molecule has 1 aromatic rings. The second-order valence-corrected chi connectivity index (χ2v) is 7.43. The van der Waals surface area contributed by atoms with Crippen LogP contribution in [0, 0.1) is 0 Å². The van der Waals surface area contributed by atoms with E-state index in [1.165, 1.54) is 28.6 Å². The smallest absolute Gasteiger partial charge is 0.251 e. The summed E-state index contributed by atoms with van der Waals surface area (Å²) in [6.07, 6.45) is 1.72. The summed E-state index contributed by atoms with van der Waals surface area (Å²) in [6.45, 7) is 2.75. The van der Waals surface area contributed by atoms with Gasteiger partial charge in [-0.15, -0.1) is 0 Å². The van der Waals surface area contributed by atoms with Crippen molar-refractivity contribution in [3.05, 3.63) is 29.8 Å². The maximum absolute atomic E-state index is 12.5. The lowest BCUT2D eigenvalue weighted by Crippen LogP contribution is -2.40. The molecule has 1 saturated heterocycles. The lowest BCUT2D eigenvalue weighted by molar-refractivity contribution is 0.0730. The third-order valence-electron chi connectivity index (χ3n) is 3.79. The number of carbonyl (C=O) groups is 1. The molecule has 24 heavy (non-hydrogen) atoms. The summed E-state index contributed by atoms with van der Waals surface area (Å²) in [5.74, 6) is -0.206. The Balaban J connectivity index is 1.93. The maximum atomic E-state index is 12.5. The van der Waals surface area contributed by atoms with Crippen molar-refractivity contribution in [2.75, 3.05) is 46.6 Å². The topological polar surface area (TPSA) is 84.9 Å². The van der Waals surface area contributed by atoms with Crippen molar-refractivity contribution >= 4 is 15.9 Å². The molecule has 0 bridgehead atoms. The van der Waals surface area contributed by atoms with Gasteiger partial charge in [0.1, 0.15) is 0 Å². The number of hydrogen-bond donors (Lipinski definition) is 1. The minimum Gasteiger partial charge on any atom is -0.385 e. The number of sulfonamides is 1. The largest absolute Gasteiger partial charge is 0.385 e. The van der Waals surface area contributed by atoms with Crippen molar-refractivity contribution in [3.63, 3.8) is 0 Å². The van der Waals surface area contributed by atoms with Crippen LogP contribution in [-0.2, 0) is 19.5 Å². The second-order valence-electron chi connectivity index (χ2n) is 5.50. The Kier molecular flexibility index (Phi) is 7.16. The minimum atomic E-state index is -3.52. The average molecular weight is 356 g/mol. The SMILES string of the molecule is COCCCCNC(=O)c1ccc(S(=O)(=O)N2CCOCC2)cc1. The van der Waals surface area contributed by atoms with E-state index < -0.39 is 10.0 Å². The highest BCUT2D eigenvalue weighted by atomic mass is 32.2. The van der Waals surface area contributed by atoms with Gasteiger partial charge in [-0.3, -0.25) is 4.79 Å². The van der Waals surface area contributed by atoms with E-state index in [0.29, 0.717) is 45.0 Å². The molecule has 1 amide bonds. The van der Waals surface area contributed by atoms with Crippen molar-refractivity contribution in [1.82, 2.24) is 9.62 Å². The van der Waals surface area contributed by atoms with Crippen LogP contribution in [-0.4, -0.2) is 65.2 Å². The molecular weight excluding hydrogens is 332 g/mol. The Morgan fingerprint density at radius 1 is 1.21 bits per heavy atom. The van der Waals surface area contributed by atoms with Gasteiger partial charge in [0, 0.05) is 38.9 Å². The minimum absolute atomic E-state index is 0.195. The molecule has 8 heteroatoms. The van der Waals surface area contributed by atoms with Gasteiger partial charge in [0.2, 0.25) is 10.0 Å². The summed E-state index contributed by atoms with van der Waals surface area (Å²) in [5, 5.41) is 2.81. The number of carbonyl (C=O) groups excluding carboxylic acids is 1. The summed E-state index contributed by atoms with van der Waals surface area (Å²) < 4.78 is 36.5. The van der Waals surface area contributed by atoms with Crippen molar-refractivity contribution in [2.45, 2.75) is 17.7 Å². The zero-order valence-electron chi connectivity index (χ0n) is 13.9. The highest BCUT2D eigenvalue weighted by Crippen LogP contribution is 2.17. The number of morpholine rings is 1. The van der Waals surface area contributed by atoms with Crippen molar-refractivity contribution < 1.29 is 22.7 Å². The standard InChI is InChI=1S/C16H24N2O5S/c1-22-11-3-2-8-17-16(19)14-4-6-15(7-5-14)24(20,21)18-9-12-23-13-10-18/h4-7H,2-3,8-13H2,1H3,(H,17,19). The van der Waals surface area contributed by atoms with Crippen molar-refractivity contribution in [1.29, 1.82) is 0 Å². The molecule has 0 unspecified atom stereocenters.